The van der Waals surface area contributed by atoms with Gasteiger partial charge in [-0.3, -0.25) is 5.26 Å². The molecular formula is C5H2BN-. The first kappa shape index (κ1) is 4.20. The quantitative estimate of drug-likeness (QED) is 0.310. The van der Waals surface area contributed by atoms with Crippen LogP contribution in [-0.2, 0) is 0 Å². The first-order valence-electron chi connectivity index (χ1n) is 1.97. The normalized spacial score (nSPS) is 15.0. The summed E-state index contributed by atoms with van der Waals surface area (Å²) in [6.45, 7) is 0. The molecule has 0 spiro atoms. The minimum atomic E-state index is 0.611. The van der Waals surface area contributed by atoms with Gasteiger partial charge in [-0.15, -0.1) is 5.57 Å². The summed E-state index contributed by atoms with van der Waals surface area (Å²) in [5.41, 5.74) is 0.611. The van der Waals surface area contributed by atoms with Crippen LogP contribution in [0.1, 0.15) is 0 Å². The molecule has 31 valence electrons. The van der Waals surface area contributed by atoms with E-state index in [1.54, 1.807) is 19.3 Å². The van der Waals surface area contributed by atoms with Gasteiger partial charge < -0.3 is 0 Å². The van der Waals surface area contributed by atoms with Crippen LogP contribution in [0.2, 0.25) is 0 Å². The van der Waals surface area contributed by atoms with Crippen molar-refractivity contribution in [2.45, 2.75) is 0 Å². The lowest BCUT2D eigenvalue weighted by Gasteiger charge is -1.84. The molecule has 0 aliphatic carbocycles. The second-order valence-corrected chi connectivity index (χ2v) is 1.20. The van der Waals surface area contributed by atoms with Crippen LogP contribution in [-0.4, -0.2) is 7.28 Å². The molecule has 1 aliphatic heterocycles. The fourth-order valence-electron chi connectivity index (χ4n) is 0.400. The Bertz CT molecular complexity index is 161. The monoisotopic (exact) mass is 87.0 g/mol. The smallest absolute Gasteiger partial charge is 0.0675 e. The third-order valence-electron chi connectivity index (χ3n) is 0.718. The lowest BCUT2D eigenvalue weighted by atomic mass is 9.82. The number of allylic oxidation sites excluding steroid dienone is 2. The van der Waals surface area contributed by atoms with Crippen molar-refractivity contribution in [3.63, 3.8) is 0 Å². The summed E-state index contributed by atoms with van der Waals surface area (Å²) in [5.74, 6) is 4.52. The van der Waals surface area contributed by atoms with Gasteiger partial charge in [0.25, 0.3) is 0 Å². The molecule has 1 rings (SSSR count). The molecule has 1 heterocycles. The molecule has 0 saturated carbocycles. The molecule has 0 saturated heterocycles. The fourth-order valence-corrected chi connectivity index (χ4v) is 0.400. The minimum Gasteiger partial charge on any atom is -0.285 e. The Morgan fingerprint density at radius 3 is 3.00 bits per heavy atom. The second-order valence-electron chi connectivity index (χ2n) is 1.20. The van der Waals surface area contributed by atoms with Gasteiger partial charge >= 0.3 is 0 Å². The molecule has 0 aromatic carbocycles. The maximum atomic E-state index is 8.15. The van der Waals surface area contributed by atoms with Gasteiger partial charge in [0, 0.05) is 0 Å². The maximum absolute atomic E-state index is 8.15. The van der Waals surface area contributed by atoms with E-state index in [1.807, 2.05) is 6.07 Å². The molecule has 0 N–H and O–H groups in total. The Labute approximate surface area is 43.2 Å². The number of hydrogen-bond acceptors (Lipinski definition) is 1. The summed E-state index contributed by atoms with van der Waals surface area (Å²) in [6.07, 6.45) is 1.72. The van der Waals surface area contributed by atoms with E-state index in [0.717, 1.165) is 0 Å². The summed E-state index contributed by atoms with van der Waals surface area (Å²) in [4.78, 5) is 0. The highest BCUT2D eigenvalue weighted by atomic mass is 14.2. The lowest BCUT2D eigenvalue weighted by Crippen LogP contribution is -1.68. The van der Waals surface area contributed by atoms with Gasteiger partial charge in [-0.25, -0.2) is 5.98 Å². The third kappa shape index (κ3) is 0.718. The molecule has 0 amide bonds. The molecule has 0 aromatic rings. The molecule has 0 bridgehead atoms. The van der Waals surface area contributed by atoms with Crippen molar-refractivity contribution in [2.24, 2.45) is 0 Å². The Hall–Kier alpha value is -0.965. The molecule has 0 unspecified atom stereocenters. The van der Waals surface area contributed by atoms with Crippen molar-refractivity contribution >= 4 is 7.28 Å². The zero-order valence-electron chi connectivity index (χ0n) is 3.68. The Balaban J connectivity index is 2.75. The number of nitriles is 1. The van der Waals surface area contributed by atoms with Crippen LogP contribution in [0.25, 0.3) is 0 Å². The second kappa shape index (κ2) is 1.66. The molecule has 0 aromatic heterocycles. The zero-order chi connectivity index (χ0) is 5.11. The SMILES string of the molecule is N#CC1=[C-][B]C=C1. The van der Waals surface area contributed by atoms with Crippen molar-refractivity contribution < 1.29 is 0 Å². The van der Waals surface area contributed by atoms with Crippen LogP contribution >= 0.6 is 0 Å². The number of rotatable bonds is 0. The average Bonchev–Trinajstić information content (AvgIpc) is 2.14. The predicted molar refractivity (Wildman–Crippen MR) is 27.3 cm³/mol. The molecular weight excluding hydrogens is 84.9 g/mol. The van der Waals surface area contributed by atoms with E-state index >= 15 is 0 Å². The van der Waals surface area contributed by atoms with E-state index in [-0.39, 0.29) is 0 Å². The highest BCUT2D eigenvalue weighted by Gasteiger charge is 1.79. The van der Waals surface area contributed by atoms with Crippen LogP contribution in [0.5, 0.6) is 0 Å². The third-order valence-corrected chi connectivity index (χ3v) is 0.718. The van der Waals surface area contributed by atoms with Crippen LogP contribution in [0, 0.1) is 17.3 Å². The molecule has 2 heteroatoms. The van der Waals surface area contributed by atoms with Gasteiger partial charge in [0.05, 0.1) is 7.28 Å². The van der Waals surface area contributed by atoms with E-state index in [4.69, 9.17) is 5.26 Å². The fraction of sp³-hybridized carbons (Fsp3) is 0. The lowest BCUT2D eigenvalue weighted by molar-refractivity contribution is 1.50. The summed E-state index contributed by atoms with van der Waals surface area (Å²) in [6, 6.07) is 1.95. The van der Waals surface area contributed by atoms with Crippen molar-refractivity contribution in [1.82, 2.24) is 0 Å². The van der Waals surface area contributed by atoms with E-state index in [1.165, 1.54) is 0 Å². The zero-order valence-corrected chi connectivity index (χ0v) is 3.68. The molecule has 0 fully saturated rings. The average molecular weight is 86.9 g/mol. The van der Waals surface area contributed by atoms with E-state index in [2.05, 4.69) is 5.98 Å². The summed E-state index contributed by atoms with van der Waals surface area (Å²) in [7, 11) is 1.72. The number of nitrogens with zero attached hydrogens (tertiary/aromatic N) is 1. The predicted octanol–water partition coefficient (Wildman–Crippen LogP) is 0.429. The van der Waals surface area contributed by atoms with Gasteiger partial charge in [0.15, 0.2) is 0 Å². The van der Waals surface area contributed by atoms with Gasteiger partial charge in [0.2, 0.25) is 0 Å². The summed E-state index contributed by atoms with van der Waals surface area (Å²) >= 11 is 0. The molecule has 7 heavy (non-hydrogen) atoms. The Morgan fingerprint density at radius 1 is 1.86 bits per heavy atom. The molecule has 1 aliphatic rings. The van der Waals surface area contributed by atoms with Crippen molar-refractivity contribution in [1.29, 1.82) is 5.26 Å². The van der Waals surface area contributed by atoms with Crippen LogP contribution in [0.15, 0.2) is 17.6 Å². The van der Waals surface area contributed by atoms with Gasteiger partial charge in [-0.2, -0.15) is 12.1 Å². The Kier molecular flexibility index (Phi) is 0.994. The standard InChI is InChI=1S/C5H2BN/c7-4-5-1-2-6-3-5/h1-2H/q-1. The van der Waals surface area contributed by atoms with Crippen molar-refractivity contribution in [3.8, 4) is 6.07 Å². The largest absolute Gasteiger partial charge is 0.285 e. The van der Waals surface area contributed by atoms with Gasteiger partial charge in [-0.1, -0.05) is 6.07 Å². The summed E-state index contributed by atoms with van der Waals surface area (Å²) in [5, 5.41) is 8.15. The van der Waals surface area contributed by atoms with Gasteiger partial charge in [-0.05, 0) is 0 Å². The minimum absolute atomic E-state index is 0.611. The maximum Gasteiger partial charge on any atom is 0.0675 e. The van der Waals surface area contributed by atoms with Crippen LogP contribution in [0.4, 0.5) is 0 Å². The molecule has 1 radical (unpaired) electrons. The van der Waals surface area contributed by atoms with Crippen molar-refractivity contribution in [3.05, 3.63) is 23.6 Å². The molecule has 0 atom stereocenters. The highest BCUT2D eigenvalue weighted by Crippen LogP contribution is 1.97. The topological polar surface area (TPSA) is 23.8 Å². The van der Waals surface area contributed by atoms with E-state index < -0.39 is 0 Å². The summed E-state index contributed by atoms with van der Waals surface area (Å²) < 4.78 is 0. The van der Waals surface area contributed by atoms with Crippen molar-refractivity contribution in [2.75, 3.05) is 0 Å². The van der Waals surface area contributed by atoms with E-state index in [0.29, 0.717) is 5.57 Å². The number of hydrogen-bond donors (Lipinski definition) is 0. The Morgan fingerprint density at radius 2 is 2.71 bits per heavy atom. The van der Waals surface area contributed by atoms with Crippen LogP contribution in [0.3, 0.4) is 0 Å². The first-order valence-corrected chi connectivity index (χ1v) is 1.97. The molecule has 1 nitrogen and oxygen atoms in total. The first-order chi connectivity index (χ1) is 3.43. The van der Waals surface area contributed by atoms with Gasteiger partial charge in [0.1, 0.15) is 0 Å². The van der Waals surface area contributed by atoms with E-state index in [9.17, 15) is 0 Å². The highest BCUT2D eigenvalue weighted by molar-refractivity contribution is 6.47. The van der Waals surface area contributed by atoms with Crippen LogP contribution < -0.4 is 0 Å².